The monoisotopic (exact) mass is 132 g/mol. The summed E-state index contributed by atoms with van der Waals surface area (Å²) in [5.41, 5.74) is 0. The topological polar surface area (TPSA) is 103 Å². The third-order valence-corrected chi connectivity index (χ3v) is 0. The molecule has 0 fully saturated rings. The summed E-state index contributed by atoms with van der Waals surface area (Å²) in [6, 6.07) is 0. The van der Waals surface area contributed by atoms with Crippen molar-refractivity contribution in [1.29, 1.82) is 0 Å². The maximum Gasteiger partial charge on any atom is 3.00 e. The van der Waals surface area contributed by atoms with Crippen molar-refractivity contribution in [3.8, 4) is 0 Å². The molecule has 6 heteroatoms. The van der Waals surface area contributed by atoms with Gasteiger partial charge in [0.1, 0.15) is 0 Å². The Kier molecular flexibility index (Phi) is 31.9. The van der Waals surface area contributed by atoms with Crippen molar-refractivity contribution in [1.82, 2.24) is 0 Å². The molecular weight excluding hydrogens is 131 g/mol. The second-order valence-corrected chi connectivity index (χ2v) is 0.346. The van der Waals surface area contributed by atoms with Gasteiger partial charge in [-0.15, -0.1) is 0 Å². The Hall–Kier alpha value is -0.728. The van der Waals surface area contributed by atoms with Crippen LogP contribution in [-0.2, 0) is 4.79 Å². The fourth-order valence-corrected chi connectivity index (χ4v) is 0. The Bertz CT molecular complexity index is 57.4. The Labute approximate surface area is 55.7 Å². The molecule has 0 aromatic carbocycles. The molecule has 0 amide bonds. The van der Waals surface area contributed by atoms with Crippen LogP contribution in [0.1, 0.15) is 0 Å². The summed E-state index contributed by atoms with van der Waals surface area (Å²) >= 11 is 0. The number of rotatable bonds is 0. The van der Waals surface area contributed by atoms with Crippen LogP contribution in [-0.4, -0.2) is 30.0 Å². The first-order chi connectivity index (χ1) is 3.15. The summed E-state index contributed by atoms with van der Waals surface area (Å²) in [4.78, 5) is 16.6. The summed E-state index contributed by atoms with van der Waals surface area (Å²) in [6.45, 7) is -0.500. The Morgan fingerprint density at radius 2 is 1.38 bits per heavy atom. The number of carboxylic acid groups (broad SMARTS) is 3. The molecule has 0 unspecified atom stereocenters. The van der Waals surface area contributed by atoms with Crippen molar-refractivity contribution in [3.05, 3.63) is 0 Å². The maximum absolute atomic E-state index is 8.33. The second-order valence-electron chi connectivity index (χ2n) is 0.346. The van der Waals surface area contributed by atoms with Crippen LogP contribution in [0.15, 0.2) is 0 Å². The van der Waals surface area contributed by atoms with Gasteiger partial charge in [-0.25, -0.2) is 0 Å². The van der Waals surface area contributed by atoms with Gasteiger partial charge in [0.2, 0.25) is 0 Å². The van der Waals surface area contributed by atoms with Crippen molar-refractivity contribution in [3.63, 3.8) is 0 Å². The predicted octanol–water partition coefficient (Wildman–Crippen LogP) is -4.46. The SMILES string of the molecule is O=C([O-])[O-].O=C[O-].[Al+3]. The number of carbonyl (C=O) groups is 2. The van der Waals surface area contributed by atoms with Crippen LogP contribution in [0.3, 0.4) is 0 Å². The Balaban J connectivity index is -0.0000000575. The predicted molar refractivity (Wildman–Crippen MR) is 17.2 cm³/mol. The Morgan fingerprint density at radius 1 is 1.38 bits per heavy atom. The molecule has 5 nitrogen and oxygen atoms in total. The van der Waals surface area contributed by atoms with Gasteiger partial charge in [-0.2, -0.15) is 0 Å². The van der Waals surface area contributed by atoms with E-state index in [0.717, 1.165) is 0 Å². The number of hydrogen-bond acceptors (Lipinski definition) is 5. The van der Waals surface area contributed by atoms with Crippen molar-refractivity contribution in [2.45, 2.75) is 0 Å². The van der Waals surface area contributed by atoms with E-state index in [1.807, 2.05) is 0 Å². The molecule has 0 bridgehead atoms. The van der Waals surface area contributed by atoms with Gasteiger partial charge in [0.05, 0.1) is 0 Å². The van der Waals surface area contributed by atoms with Crippen LogP contribution in [0, 0.1) is 0 Å². The summed E-state index contributed by atoms with van der Waals surface area (Å²) in [6.07, 6.45) is -2.33. The van der Waals surface area contributed by atoms with Gasteiger partial charge in [0.15, 0.2) is 0 Å². The molecule has 0 atom stereocenters. The molecule has 0 aromatic rings. The van der Waals surface area contributed by atoms with Gasteiger partial charge in [-0.3, -0.25) is 0 Å². The van der Waals surface area contributed by atoms with Gasteiger partial charge in [0, 0.05) is 6.47 Å². The van der Waals surface area contributed by atoms with E-state index < -0.39 is 12.6 Å². The van der Waals surface area contributed by atoms with E-state index in [9.17, 15) is 0 Å². The third kappa shape index (κ3) is 182. The fourth-order valence-electron chi connectivity index (χ4n) is 0. The van der Waals surface area contributed by atoms with Crippen LogP contribution in [0.4, 0.5) is 4.79 Å². The Morgan fingerprint density at radius 3 is 1.38 bits per heavy atom. The minimum Gasteiger partial charge on any atom is -0.652 e. The van der Waals surface area contributed by atoms with E-state index in [0.29, 0.717) is 0 Å². The van der Waals surface area contributed by atoms with Crippen LogP contribution in [0.25, 0.3) is 0 Å². The van der Waals surface area contributed by atoms with E-state index in [1.54, 1.807) is 0 Å². The second kappa shape index (κ2) is 16.3. The molecule has 0 spiro atoms. The van der Waals surface area contributed by atoms with E-state index >= 15 is 0 Å². The molecule has 0 heterocycles. The average molecular weight is 132 g/mol. The molecule has 42 valence electrons. The first kappa shape index (κ1) is 15.7. The zero-order valence-electron chi connectivity index (χ0n) is 3.70. The van der Waals surface area contributed by atoms with Crippen LogP contribution in [0.5, 0.6) is 0 Å². The smallest absolute Gasteiger partial charge is 0.652 e. The van der Waals surface area contributed by atoms with Crippen molar-refractivity contribution in [2.75, 3.05) is 0 Å². The third-order valence-electron chi connectivity index (χ3n) is 0. The minimum atomic E-state index is -2.33. The summed E-state index contributed by atoms with van der Waals surface area (Å²) < 4.78 is 0. The molecular formula is C2HAlO5. The van der Waals surface area contributed by atoms with Crippen molar-refractivity contribution < 1.29 is 24.9 Å². The molecule has 0 aliphatic heterocycles. The van der Waals surface area contributed by atoms with Crippen molar-refractivity contribution >= 4 is 30.0 Å². The maximum atomic E-state index is 8.33. The molecule has 0 rings (SSSR count). The fraction of sp³-hybridized carbons (Fsp3) is 0. The molecule has 0 saturated heterocycles. The minimum absolute atomic E-state index is 0. The first-order valence-electron chi connectivity index (χ1n) is 1.08. The van der Waals surface area contributed by atoms with Gasteiger partial charge >= 0.3 is 17.4 Å². The van der Waals surface area contributed by atoms with E-state index in [-0.39, 0.29) is 17.4 Å². The summed E-state index contributed by atoms with van der Waals surface area (Å²) in [5, 5.41) is 24.9. The number of hydrogen-bond donors (Lipinski definition) is 0. The summed E-state index contributed by atoms with van der Waals surface area (Å²) in [5.74, 6) is 0. The van der Waals surface area contributed by atoms with Gasteiger partial charge in [-0.05, 0) is 6.16 Å². The largest absolute Gasteiger partial charge is 3.00 e. The van der Waals surface area contributed by atoms with Gasteiger partial charge < -0.3 is 24.9 Å². The normalized spacial score (nSPS) is 4.50. The van der Waals surface area contributed by atoms with Crippen LogP contribution < -0.4 is 15.3 Å². The standard InChI is InChI=1S/CH2O3.CH2O2.Al/c2-1(3)4;2-1-3;/h(H2,2,3,4);1H,(H,2,3);/q;;+3/p-3. The van der Waals surface area contributed by atoms with Crippen LogP contribution >= 0.6 is 0 Å². The number of carbonyl (C=O) groups excluding carboxylic acids is 2. The van der Waals surface area contributed by atoms with E-state index in [2.05, 4.69) is 0 Å². The van der Waals surface area contributed by atoms with Gasteiger partial charge in [0.25, 0.3) is 0 Å². The van der Waals surface area contributed by atoms with Crippen LogP contribution in [0.2, 0.25) is 0 Å². The van der Waals surface area contributed by atoms with Gasteiger partial charge in [-0.1, -0.05) is 0 Å². The first-order valence-corrected chi connectivity index (χ1v) is 1.08. The molecule has 0 N–H and O–H groups in total. The zero-order valence-corrected chi connectivity index (χ0v) is 4.85. The molecule has 0 aliphatic rings. The van der Waals surface area contributed by atoms with E-state index in [4.69, 9.17) is 24.9 Å². The van der Waals surface area contributed by atoms with E-state index in [1.165, 1.54) is 0 Å². The van der Waals surface area contributed by atoms with Crippen molar-refractivity contribution in [2.24, 2.45) is 0 Å². The molecule has 8 heavy (non-hydrogen) atoms. The molecule has 0 radical (unpaired) electrons. The molecule has 0 saturated carbocycles. The average Bonchev–Trinajstić information content (AvgIpc) is 1.33. The molecule has 0 aromatic heterocycles. The molecule has 0 aliphatic carbocycles. The quantitative estimate of drug-likeness (QED) is 0.244. The zero-order chi connectivity index (χ0) is 6.28. The summed E-state index contributed by atoms with van der Waals surface area (Å²) in [7, 11) is 0.